The number of hydrogen-bond donors (Lipinski definition) is 2. The van der Waals surface area contributed by atoms with E-state index in [0.717, 1.165) is 11.3 Å². The van der Waals surface area contributed by atoms with Crippen LogP contribution >= 0.6 is 11.6 Å². The lowest BCUT2D eigenvalue weighted by molar-refractivity contribution is 0.251. The fourth-order valence-corrected chi connectivity index (χ4v) is 2.81. The first kappa shape index (κ1) is 18.0. The summed E-state index contributed by atoms with van der Waals surface area (Å²) in [7, 11) is 0. The van der Waals surface area contributed by atoms with Gasteiger partial charge in [0.15, 0.2) is 0 Å². The highest BCUT2D eigenvalue weighted by molar-refractivity contribution is 6.31. The molecule has 1 heterocycles. The zero-order valence-electron chi connectivity index (χ0n) is 14.3. The third-order valence-electron chi connectivity index (χ3n) is 4.10. The Hall–Kier alpha value is -2.79. The maximum absolute atomic E-state index is 13.8. The van der Waals surface area contributed by atoms with E-state index in [9.17, 15) is 9.18 Å². The van der Waals surface area contributed by atoms with Crippen molar-refractivity contribution in [1.29, 1.82) is 0 Å². The first-order chi connectivity index (χ1) is 12.5. The van der Waals surface area contributed by atoms with Crippen LogP contribution in [-0.2, 0) is 13.1 Å². The molecule has 0 saturated carbocycles. The minimum Gasteiger partial charge on any atom is -0.345 e. The average molecular weight is 372 g/mol. The van der Waals surface area contributed by atoms with Crippen molar-refractivity contribution >= 4 is 23.3 Å². The van der Waals surface area contributed by atoms with Gasteiger partial charge in [0.2, 0.25) is 0 Å². The number of carbonyl (C=O) groups is 1. The normalized spacial score (nSPS) is 10.6. The molecule has 1 aromatic heterocycles. The molecule has 3 aromatic rings. The molecule has 2 aromatic carbocycles. The van der Waals surface area contributed by atoms with Gasteiger partial charge >= 0.3 is 6.03 Å². The molecule has 0 spiro atoms. The molecule has 134 valence electrons. The number of halogens is 2. The number of benzene rings is 2. The van der Waals surface area contributed by atoms with E-state index >= 15 is 0 Å². The molecule has 26 heavy (non-hydrogen) atoms. The number of anilines is 1. The molecule has 0 bridgehead atoms. The van der Waals surface area contributed by atoms with Crippen molar-refractivity contribution in [3.63, 3.8) is 0 Å². The highest BCUT2D eigenvalue weighted by atomic mass is 35.5. The van der Waals surface area contributed by atoms with E-state index in [4.69, 9.17) is 11.6 Å². The summed E-state index contributed by atoms with van der Waals surface area (Å²) < 4.78 is 15.7. The molecule has 4 nitrogen and oxygen atoms in total. The maximum Gasteiger partial charge on any atom is 0.319 e. The van der Waals surface area contributed by atoms with E-state index in [0.29, 0.717) is 29.4 Å². The molecule has 6 heteroatoms. The van der Waals surface area contributed by atoms with E-state index < -0.39 is 0 Å². The van der Waals surface area contributed by atoms with Crippen LogP contribution in [0.4, 0.5) is 14.9 Å². The minimum atomic E-state index is -0.325. The topological polar surface area (TPSA) is 46.1 Å². The van der Waals surface area contributed by atoms with Gasteiger partial charge < -0.3 is 15.2 Å². The monoisotopic (exact) mass is 371 g/mol. The van der Waals surface area contributed by atoms with Gasteiger partial charge in [-0.25, -0.2) is 9.18 Å². The predicted octanol–water partition coefficient (Wildman–Crippen LogP) is 4.96. The number of rotatable bonds is 5. The van der Waals surface area contributed by atoms with Crippen LogP contribution in [0, 0.1) is 12.7 Å². The number of aryl methyl sites for hydroxylation is 1. The summed E-state index contributed by atoms with van der Waals surface area (Å²) >= 11 is 5.96. The quantitative estimate of drug-likeness (QED) is 0.654. The van der Waals surface area contributed by atoms with Crippen LogP contribution in [0.3, 0.4) is 0 Å². The van der Waals surface area contributed by atoms with E-state index in [-0.39, 0.29) is 11.8 Å². The molecule has 0 aliphatic carbocycles. The second kappa shape index (κ2) is 8.06. The van der Waals surface area contributed by atoms with Crippen LogP contribution in [0.1, 0.15) is 16.8 Å². The molecule has 0 saturated heterocycles. The van der Waals surface area contributed by atoms with Gasteiger partial charge in [0.25, 0.3) is 0 Å². The average Bonchev–Trinajstić information content (AvgIpc) is 3.05. The molecule has 0 aliphatic heterocycles. The summed E-state index contributed by atoms with van der Waals surface area (Å²) in [4.78, 5) is 12.2. The highest BCUT2D eigenvalue weighted by Crippen LogP contribution is 2.20. The lowest BCUT2D eigenvalue weighted by Gasteiger charge is -2.13. The summed E-state index contributed by atoms with van der Waals surface area (Å²) in [6.45, 7) is 2.63. The van der Waals surface area contributed by atoms with Crippen molar-refractivity contribution in [2.45, 2.75) is 20.0 Å². The largest absolute Gasteiger partial charge is 0.345 e. The van der Waals surface area contributed by atoms with Crippen LogP contribution in [-0.4, -0.2) is 10.6 Å². The van der Waals surface area contributed by atoms with Crippen molar-refractivity contribution in [2.75, 3.05) is 5.32 Å². The van der Waals surface area contributed by atoms with Gasteiger partial charge in [-0.15, -0.1) is 0 Å². The van der Waals surface area contributed by atoms with Gasteiger partial charge in [-0.05, 0) is 42.8 Å². The minimum absolute atomic E-state index is 0.241. The SMILES string of the molecule is Cc1ccc(Cl)cc1NC(=O)NCc1cccn1Cc1ccccc1F. The smallest absolute Gasteiger partial charge is 0.319 e. The third kappa shape index (κ3) is 4.43. The molecule has 2 amide bonds. The number of hydrogen-bond acceptors (Lipinski definition) is 1. The molecular formula is C20H19ClFN3O. The van der Waals surface area contributed by atoms with Crippen molar-refractivity contribution in [3.05, 3.63) is 88.5 Å². The number of carbonyl (C=O) groups excluding carboxylic acids is 1. The Morgan fingerprint density at radius 2 is 1.96 bits per heavy atom. The van der Waals surface area contributed by atoms with Gasteiger partial charge in [-0.1, -0.05) is 35.9 Å². The third-order valence-corrected chi connectivity index (χ3v) is 4.34. The summed E-state index contributed by atoms with van der Waals surface area (Å²) in [5.41, 5.74) is 3.07. The Balaban J connectivity index is 1.62. The number of nitrogens with one attached hydrogen (secondary N) is 2. The summed E-state index contributed by atoms with van der Waals surface area (Å²) in [5, 5.41) is 6.16. The Morgan fingerprint density at radius 3 is 2.77 bits per heavy atom. The van der Waals surface area contributed by atoms with Crippen molar-refractivity contribution in [1.82, 2.24) is 9.88 Å². The molecule has 3 rings (SSSR count). The maximum atomic E-state index is 13.8. The van der Waals surface area contributed by atoms with Crippen LogP contribution in [0.2, 0.25) is 5.02 Å². The van der Waals surface area contributed by atoms with E-state index in [2.05, 4.69) is 10.6 Å². The van der Waals surface area contributed by atoms with E-state index in [1.54, 1.807) is 30.3 Å². The summed E-state index contributed by atoms with van der Waals surface area (Å²) in [6, 6.07) is 15.4. The van der Waals surface area contributed by atoms with Gasteiger partial charge in [0, 0.05) is 28.2 Å². The summed E-state index contributed by atoms with van der Waals surface area (Å²) in [6.07, 6.45) is 1.86. The van der Waals surface area contributed by atoms with Crippen LogP contribution in [0.15, 0.2) is 60.8 Å². The van der Waals surface area contributed by atoms with Crippen molar-refractivity contribution in [2.24, 2.45) is 0 Å². The first-order valence-electron chi connectivity index (χ1n) is 8.21. The van der Waals surface area contributed by atoms with Crippen molar-refractivity contribution < 1.29 is 9.18 Å². The van der Waals surface area contributed by atoms with Crippen LogP contribution < -0.4 is 10.6 Å². The number of aromatic nitrogens is 1. The molecule has 0 fully saturated rings. The van der Waals surface area contributed by atoms with Gasteiger partial charge in [0.05, 0.1) is 13.1 Å². The van der Waals surface area contributed by atoms with Crippen LogP contribution in [0.25, 0.3) is 0 Å². The molecule has 0 radical (unpaired) electrons. The number of nitrogens with zero attached hydrogens (tertiary/aromatic N) is 1. The second-order valence-electron chi connectivity index (χ2n) is 5.99. The Bertz CT molecular complexity index is 923. The zero-order valence-corrected chi connectivity index (χ0v) is 15.1. The Kier molecular flexibility index (Phi) is 5.58. The summed E-state index contributed by atoms with van der Waals surface area (Å²) in [5.74, 6) is -0.241. The number of amides is 2. The molecule has 0 aliphatic rings. The molecule has 0 atom stereocenters. The highest BCUT2D eigenvalue weighted by Gasteiger charge is 2.08. The van der Waals surface area contributed by atoms with Gasteiger partial charge in [-0.2, -0.15) is 0 Å². The second-order valence-corrected chi connectivity index (χ2v) is 6.42. The molecular weight excluding hydrogens is 353 g/mol. The lowest BCUT2D eigenvalue weighted by Crippen LogP contribution is -2.29. The van der Waals surface area contributed by atoms with E-state index in [1.807, 2.05) is 35.9 Å². The van der Waals surface area contributed by atoms with E-state index in [1.165, 1.54) is 6.07 Å². The van der Waals surface area contributed by atoms with Gasteiger partial charge in [-0.3, -0.25) is 0 Å². The standard InChI is InChI=1S/C20H19ClFN3O/c1-14-8-9-16(21)11-19(14)24-20(26)23-12-17-6-4-10-25(17)13-15-5-2-3-7-18(15)22/h2-11H,12-13H2,1H3,(H2,23,24,26). The molecule has 0 unspecified atom stereocenters. The Morgan fingerprint density at radius 1 is 1.15 bits per heavy atom. The van der Waals surface area contributed by atoms with Crippen molar-refractivity contribution in [3.8, 4) is 0 Å². The lowest BCUT2D eigenvalue weighted by atomic mass is 10.2. The Labute approximate surface area is 156 Å². The molecule has 2 N–H and O–H groups in total. The number of urea groups is 1. The fourth-order valence-electron chi connectivity index (χ4n) is 2.64. The zero-order chi connectivity index (χ0) is 18.5. The first-order valence-corrected chi connectivity index (χ1v) is 8.59. The predicted molar refractivity (Wildman–Crippen MR) is 102 cm³/mol. The fraction of sp³-hybridized carbons (Fsp3) is 0.150. The van der Waals surface area contributed by atoms with Gasteiger partial charge in [0.1, 0.15) is 5.82 Å². The van der Waals surface area contributed by atoms with Crippen LogP contribution in [0.5, 0.6) is 0 Å².